The molecule has 0 aromatic heterocycles. The highest BCUT2D eigenvalue weighted by Crippen LogP contribution is 2.38. The van der Waals surface area contributed by atoms with Gasteiger partial charge < -0.3 is 41.5 Å². The average Bonchev–Trinajstić information content (AvgIpc) is 3.47. The fourth-order valence-electron chi connectivity index (χ4n) is 5.36. The number of nitrogens with two attached hydrogens (primary N) is 1. The summed E-state index contributed by atoms with van der Waals surface area (Å²) in [6.45, 7) is 7.50. The predicted octanol–water partition coefficient (Wildman–Crippen LogP) is 1.22. The summed E-state index contributed by atoms with van der Waals surface area (Å²) in [7, 11) is -4.22. The van der Waals surface area contributed by atoms with Crippen LogP contribution in [0.2, 0.25) is 0 Å². The Morgan fingerprint density at radius 3 is 2.13 bits per heavy atom. The number of benzene rings is 1. The van der Waals surface area contributed by atoms with Crippen LogP contribution in [0.25, 0.3) is 0 Å². The van der Waals surface area contributed by atoms with E-state index in [2.05, 4.69) is 16.0 Å². The molecule has 16 heteroatoms. The summed E-state index contributed by atoms with van der Waals surface area (Å²) in [5.41, 5.74) is 7.28. The fourth-order valence-corrected chi connectivity index (χ4v) is 6.52. The Kier molecular flexibility index (Phi) is 15.9. The Labute approximate surface area is 280 Å². The largest absolute Gasteiger partial charge is 0.480 e. The number of likely N-dealkylation sites (tertiary alicyclic amines) is 1. The number of hydrogen-bond donors (Lipinski definition) is 7. The third-order valence-electron chi connectivity index (χ3n) is 7.84. The van der Waals surface area contributed by atoms with E-state index < -0.39 is 73.6 Å². The number of thioether (sulfide) groups is 1. The smallest absolute Gasteiger partial charge is 0.329 e. The standard InChI is InChI=1S/C31H50N5O9PS/c1-18(2)15-24(31(41)42)34-28(38)23(12-14-47-5)33-29(39)25-7-6-13-36(25)30(40)26(19(3)4)35-27(37)22(32)16-20-8-10-21(11-9-20)17-46(43,44)45/h8-11,18-19,22-26H,6-7,12-17,32H2,1-5H3,(H,33,39)(H,34,38)(H,35,37)(H,41,42)(H2,43,44,45)/t22-,23-,24-,25-,26-/m0/s1. The van der Waals surface area contributed by atoms with Crippen LogP contribution < -0.4 is 21.7 Å². The monoisotopic (exact) mass is 699 g/mol. The molecule has 264 valence electrons. The Morgan fingerprint density at radius 1 is 0.979 bits per heavy atom. The molecule has 1 aliphatic heterocycles. The maximum atomic E-state index is 13.8. The molecule has 0 spiro atoms. The Hall–Kier alpha value is -2.97. The zero-order valence-corrected chi connectivity index (χ0v) is 29.4. The van der Waals surface area contributed by atoms with Gasteiger partial charge in [-0.3, -0.25) is 23.7 Å². The number of nitrogens with zero attached hydrogens (tertiary/aromatic N) is 1. The molecule has 0 aliphatic carbocycles. The molecule has 47 heavy (non-hydrogen) atoms. The van der Waals surface area contributed by atoms with Crippen molar-refractivity contribution in [2.75, 3.05) is 18.6 Å². The third-order valence-corrected chi connectivity index (χ3v) is 9.26. The molecular weight excluding hydrogens is 649 g/mol. The first-order valence-corrected chi connectivity index (χ1v) is 18.9. The lowest BCUT2D eigenvalue weighted by Gasteiger charge is -2.32. The molecule has 1 aromatic carbocycles. The molecule has 0 unspecified atom stereocenters. The highest BCUT2D eigenvalue weighted by molar-refractivity contribution is 7.98. The first kappa shape index (κ1) is 40.2. The van der Waals surface area contributed by atoms with E-state index >= 15 is 0 Å². The molecule has 1 aliphatic rings. The number of hydrogen-bond acceptors (Lipinski definition) is 8. The van der Waals surface area contributed by atoms with Crippen molar-refractivity contribution < 1.29 is 43.4 Å². The Morgan fingerprint density at radius 2 is 1.60 bits per heavy atom. The summed E-state index contributed by atoms with van der Waals surface area (Å²) in [4.78, 5) is 85.0. The van der Waals surface area contributed by atoms with Crippen molar-refractivity contribution in [1.29, 1.82) is 0 Å². The van der Waals surface area contributed by atoms with Crippen molar-refractivity contribution in [3.8, 4) is 0 Å². The summed E-state index contributed by atoms with van der Waals surface area (Å²) >= 11 is 1.47. The van der Waals surface area contributed by atoms with E-state index in [0.29, 0.717) is 29.7 Å². The molecule has 2 rings (SSSR count). The molecule has 8 N–H and O–H groups in total. The molecule has 1 saturated heterocycles. The second kappa shape index (κ2) is 18.5. The lowest BCUT2D eigenvalue weighted by atomic mass is 10.00. The summed E-state index contributed by atoms with van der Waals surface area (Å²) in [6.07, 6.45) is 2.96. The van der Waals surface area contributed by atoms with Gasteiger partial charge in [0.15, 0.2) is 0 Å². The maximum absolute atomic E-state index is 13.8. The normalized spacial score (nSPS) is 17.6. The van der Waals surface area contributed by atoms with Gasteiger partial charge in [-0.15, -0.1) is 0 Å². The number of amides is 4. The second-order valence-electron chi connectivity index (χ2n) is 12.7. The zero-order chi connectivity index (χ0) is 35.5. The van der Waals surface area contributed by atoms with Crippen LogP contribution in [0.1, 0.15) is 64.5 Å². The summed E-state index contributed by atoms with van der Waals surface area (Å²) in [6, 6.07) is 1.42. The minimum absolute atomic E-state index is 0.0204. The van der Waals surface area contributed by atoms with Gasteiger partial charge in [-0.05, 0) is 67.1 Å². The van der Waals surface area contributed by atoms with Gasteiger partial charge in [0, 0.05) is 6.54 Å². The van der Waals surface area contributed by atoms with Crippen molar-refractivity contribution in [2.45, 2.75) is 96.2 Å². The average molecular weight is 700 g/mol. The van der Waals surface area contributed by atoms with Crippen LogP contribution in [0.15, 0.2) is 24.3 Å². The van der Waals surface area contributed by atoms with E-state index in [1.54, 1.807) is 38.1 Å². The molecule has 4 amide bonds. The van der Waals surface area contributed by atoms with E-state index in [0.717, 1.165) is 0 Å². The van der Waals surface area contributed by atoms with Crippen molar-refractivity contribution >= 4 is 49.0 Å². The summed E-state index contributed by atoms with van der Waals surface area (Å²) in [5.74, 6) is -3.10. The SMILES string of the molecule is CSCC[C@H](NC(=O)[C@@H]1CCCN1C(=O)[C@@H](NC(=O)[C@@H](N)Cc1ccc(CP(=O)(O)O)cc1)C(C)C)C(=O)N[C@@H](CC(C)C)C(=O)O. The van der Waals surface area contributed by atoms with E-state index in [9.17, 15) is 33.6 Å². The number of carboxylic acids is 1. The maximum Gasteiger partial charge on any atom is 0.329 e. The minimum Gasteiger partial charge on any atom is -0.480 e. The highest BCUT2D eigenvalue weighted by atomic mass is 32.2. The molecule has 0 bridgehead atoms. The molecule has 1 fully saturated rings. The lowest BCUT2D eigenvalue weighted by molar-refractivity contribution is -0.144. The molecular formula is C31H50N5O9PS. The predicted molar refractivity (Wildman–Crippen MR) is 179 cm³/mol. The number of nitrogens with one attached hydrogen (secondary N) is 3. The fraction of sp³-hybridized carbons (Fsp3) is 0.645. The topological polar surface area (TPSA) is 228 Å². The molecule has 1 heterocycles. The molecule has 5 atom stereocenters. The quantitative estimate of drug-likeness (QED) is 0.108. The van der Waals surface area contributed by atoms with Gasteiger partial charge in [0.05, 0.1) is 12.2 Å². The lowest BCUT2D eigenvalue weighted by Crippen LogP contribution is -2.59. The highest BCUT2D eigenvalue weighted by Gasteiger charge is 2.40. The molecule has 0 saturated carbocycles. The van der Waals surface area contributed by atoms with Gasteiger partial charge in [-0.25, -0.2) is 4.79 Å². The van der Waals surface area contributed by atoms with Gasteiger partial charge in [0.1, 0.15) is 24.2 Å². The van der Waals surface area contributed by atoms with E-state index in [1.165, 1.54) is 16.7 Å². The van der Waals surface area contributed by atoms with Crippen LogP contribution in [-0.4, -0.2) is 98.2 Å². The van der Waals surface area contributed by atoms with E-state index in [-0.39, 0.29) is 37.6 Å². The van der Waals surface area contributed by atoms with E-state index in [4.69, 9.17) is 15.5 Å². The van der Waals surface area contributed by atoms with Gasteiger partial charge in [-0.1, -0.05) is 52.0 Å². The third kappa shape index (κ3) is 13.2. The molecule has 0 radical (unpaired) electrons. The van der Waals surface area contributed by atoms with Gasteiger partial charge >= 0.3 is 13.6 Å². The molecule has 1 aromatic rings. The van der Waals surface area contributed by atoms with Crippen LogP contribution >= 0.6 is 19.4 Å². The number of aliphatic carboxylic acids is 1. The minimum atomic E-state index is -4.22. The number of carbonyl (C=O) groups excluding carboxylic acids is 4. The number of carbonyl (C=O) groups is 5. The van der Waals surface area contributed by atoms with E-state index in [1.807, 2.05) is 20.1 Å². The Balaban J connectivity index is 2.11. The zero-order valence-electron chi connectivity index (χ0n) is 27.7. The van der Waals surface area contributed by atoms with Crippen molar-refractivity contribution in [3.63, 3.8) is 0 Å². The van der Waals surface area contributed by atoms with Gasteiger partial charge in [0.25, 0.3) is 0 Å². The number of carboxylic acid groups (broad SMARTS) is 1. The van der Waals surface area contributed by atoms with Crippen LogP contribution in [0.4, 0.5) is 0 Å². The Bertz CT molecular complexity index is 1290. The first-order chi connectivity index (χ1) is 21.9. The van der Waals surface area contributed by atoms with Gasteiger partial charge in [0.2, 0.25) is 23.6 Å². The van der Waals surface area contributed by atoms with Crippen LogP contribution in [-0.2, 0) is 41.1 Å². The number of rotatable bonds is 18. The van der Waals surface area contributed by atoms with Gasteiger partial charge in [-0.2, -0.15) is 11.8 Å². The first-order valence-electron chi connectivity index (χ1n) is 15.7. The van der Waals surface area contributed by atoms with Crippen molar-refractivity contribution in [2.24, 2.45) is 17.6 Å². The molecule has 14 nitrogen and oxygen atoms in total. The summed E-state index contributed by atoms with van der Waals surface area (Å²) < 4.78 is 11.2. The second-order valence-corrected chi connectivity index (χ2v) is 15.4. The summed E-state index contributed by atoms with van der Waals surface area (Å²) in [5, 5.41) is 17.6. The van der Waals surface area contributed by atoms with Crippen molar-refractivity contribution in [3.05, 3.63) is 35.4 Å². The van der Waals surface area contributed by atoms with Crippen LogP contribution in [0, 0.1) is 11.8 Å². The van der Waals surface area contributed by atoms with Crippen LogP contribution in [0.3, 0.4) is 0 Å². The van der Waals surface area contributed by atoms with Crippen molar-refractivity contribution in [1.82, 2.24) is 20.9 Å². The van der Waals surface area contributed by atoms with Crippen LogP contribution in [0.5, 0.6) is 0 Å².